The summed E-state index contributed by atoms with van der Waals surface area (Å²) >= 11 is 0. The van der Waals surface area contributed by atoms with Gasteiger partial charge >= 0.3 is 0 Å². The molecule has 0 aromatic carbocycles. The van der Waals surface area contributed by atoms with Crippen LogP contribution in [0.15, 0.2) is 5.16 Å². The molecule has 3 N–H and O–H groups in total. The number of carbonyl (C=O) groups is 1. The molecule has 1 aliphatic rings. The smallest absolute Gasteiger partial charge is 0.243 e. The summed E-state index contributed by atoms with van der Waals surface area (Å²) in [5.41, 5.74) is 2.60. The summed E-state index contributed by atoms with van der Waals surface area (Å²) < 4.78 is 0. The molecule has 0 aromatic heterocycles. The van der Waals surface area contributed by atoms with Crippen LogP contribution in [0, 0.1) is 5.92 Å². The van der Waals surface area contributed by atoms with Crippen LogP contribution in [0.4, 0.5) is 0 Å². The Kier molecular flexibility index (Phi) is 8.21. The van der Waals surface area contributed by atoms with Crippen molar-refractivity contribution < 1.29 is 15.2 Å². The van der Waals surface area contributed by atoms with Crippen LogP contribution in [0.25, 0.3) is 0 Å². The van der Waals surface area contributed by atoms with Crippen LogP contribution in [0.3, 0.4) is 0 Å². The Labute approximate surface area is 115 Å². The van der Waals surface area contributed by atoms with Crippen LogP contribution in [-0.2, 0) is 4.79 Å². The van der Waals surface area contributed by atoms with Crippen molar-refractivity contribution in [1.82, 2.24) is 5.48 Å². The molecule has 0 radical (unpaired) electrons. The molecule has 0 spiro atoms. The molecule has 19 heavy (non-hydrogen) atoms. The summed E-state index contributed by atoms with van der Waals surface area (Å²) in [6, 6.07) is 0. The fraction of sp³-hybridized carbons (Fsp3) is 0.857. The van der Waals surface area contributed by atoms with Gasteiger partial charge in [-0.25, -0.2) is 5.48 Å². The van der Waals surface area contributed by atoms with E-state index in [-0.39, 0.29) is 5.91 Å². The number of carbonyl (C=O) groups excluding carboxylic acids is 1. The lowest BCUT2D eigenvalue weighted by Crippen LogP contribution is -2.18. The average molecular weight is 270 g/mol. The maximum atomic E-state index is 10.8. The van der Waals surface area contributed by atoms with Crippen LogP contribution in [0.2, 0.25) is 0 Å². The summed E-state index contributed by atoms with van der Waals surface area (Å²) in [6.07, 6.45) is 11.2. The monoisotopic (exact) mass is 270 g/mol. The Morgan fingerprint density at radius 3 is 2.26 bits per heavy atom. The molecule has 0 heterocycles. The second-order valence-corrected chi connectivity index (χ2v) is 5.38. The molecular formula is C14H26N2O3. The summed E-state index contributed by atoms with van der Waals surface area (Å²) in [6.45, 7) is 0. The highest BCUT2D eigenvalue weighted by Crippen LogP contribution is 2.26. The van der Waals surface area contributed by atoms with Crippen molar-refractivity contribution in [3.63, 3.8) is 0 Å². The van der Waals surface area contributed by atoms with Gasteiger partial charge in [-0.1, -0.05) is 37.3 Å². The van der Waals surface area contributed by atoms with E-state index in [1.807, 2.05) is 0 Å². The largest absolute Gasteiger partial charge is 0.411 e. The molecule has 1 amide bonds. The lowest BCUT2D eigenvalue weighted by Gasteiger charge is -2.22. The second kappa shape index (κ2) is 9.78. The normalized spacial score (nSPS) is 17.4. The molecule has 0 saturated heterocycles. The Hall–Kier alpha value is -1.10. The number of nitrogens with one attached hydrogen (secondary N) is 1. The number of rotatable bonds is 8. The molecule has 5 heteroatoms. The lowest BCUT2D eigenvalue weighted by molar-refractivity contribution is -0.129. The minimum Gasteiger partial charge on any atom is -0.411 e. The molecule has 1 aliphatic carbocycles. The highest BCUT2D eigenvalue weighted by Gasteiger charge is 2.19. The Bertz CT molecular complexity index is 286. The quantitative estimate of drug-likeness (QED) is 0.208. The first-order valence-electron chi connectivity index (χ1n) is 7.41. The molecular weight excluding hydrogens is 244 g/mol. The summed E-state index contributed by atoms with van der Waals surface area (Å²) in [4.78, 5) is 10.8. The molecule has 1 saturated carbocycles. The van der Waals surface area contributed by atoms with Gasteiger partial charge in [0.1, 0.15) is 0 Å². The molecule has 0 aromatic rings. The fourth-order valence-electron chi connectivity index (χ4n) is 2.77. The van der Waals surface area contributed by atoms with E-state index in [0.717, 1.165) is 50.7 Å². The van der Waals surface area contributed by atoms with Crippen LogP contribution in [-0.4, -0.2) is 22.0 Å². The van der Waals surface area contributed by atoms with Gasteiger partial charge in [-0.2, -0.15) is 0 Å². The number of amides is 1. The first-order chi connectivity index (χ1) is 9.27. The number of oxime groups is 1. The van der Waals surface area contributed by atoms with Gasteiger partial charge in [0.15, 0.2) is 0 Å². The van der Waals surface area contributed by atoms with Gasteiger partial charge in [0.2, 0.25) is 5.91 Å². The summed E-state index contributed by atoms with van der Waals surface area (Å²) in [7, 11) is 0. The zero-order valence-electron chi connectivity index (χ0n) is 11.6. The third-order valence-electron chi connectivity index (χ3n) is 3.92. The topological polar surface area (TPSA) is 81.9 Å². The zero-order chi connectivity index (χ0) is 13.9. The predicted molar refractivity (Wildman–Crippen MR) is 73.4 cm³/mol. The minimum atomic E-state index is -0.320. The molecule has 0 unspecified atom stereocenters. The zero-order valence-corrected chi connectivity index (χ0v) is 11.6. The molecule has 0 aliphatic heterocycles. The van der Waals surface area contributed by atoms with E-state index in [9.17, 15) is 4.79 Å². The van der Waals surface area contributed by atoms with Crippen LogP contribution >= 0.6 is 0 Å². The highest BCUT2D eigenvalue weighted by atomic mass is 16.5. The third-order valence-corrected chi connectivity index (χ3v) is 3.92. The van der Waals surface area contributed by atoms with Gasteiger partial charge in [0, 0.05) is 12.3 Å². The van der Waals surface area contributed by atoms with Crippen LogP contribution in [0.1, 0.15) is 70.6 Å². The van der Waals surface area contributed by atoms with Crippen molar-refractivity contribution >= 4 is 11.6 Å². The standard InChI is InChI=1S/C14H26N2O3/c17-14(16-19)11-7-2-1-6-10-13(15-18)12-8-4-3-5-9-12/h12,18-19H,1-11H2,(H,16,17)/b15-13-. The minimum absolute atomic E-state index is 0.320. The number of hydroxylamine groups is 1. The fourth-order valence-corrected chi connectivity index (χ4v) is 2.77. The van der Waals surface area contributed by atoms with E-state index in [1.165, 1.54) is 19.3 Å². The third kappa shape index (κ3) is 6.57. The van der Waals surface area contributed by atoms with Gasteiger partial charge in [-0.05, 0) is 32.1 Å². The number of hydrogen-bond donors (Lipinski definition) is 3. The van der Waals surface area contributed by atoms with E-state index in [4.69, 9.17) is 10.4 Å². The van der Waals surface area contributed by atoms with E-state index in [1.54, 1.807) is 5.48 Å². The Morgan fingerprint density at radius 2 is 1.68 bits per heavy atom. The Morgan fingerprint density at radius 1 is 1.05 bits per heavy atom. The van der Waals surface area contributed by atoms with Crippen molar-refractivity contribution in [2.45, 2.75) is 70.6 Å². The number of unbranched alkanes of at least 4 members (excludes halogenated alkanes) is 3. The predicted octanol–water partition coefficient (Wildman–Crippen LogP) is 3.24. The van der Waals surface area contributed by atoms with Crippen molar-refractivity contribution in [3.8, 4) is 0 Å². The van der Waals surface area contributed by atoms with Gasteiger partial charge in [-0.3, -0.25) is 10.0 Å². The van der Waals surface area contributed by atoms with E-state index < -0.39 is 0 Å². The van der Waals surface area contributed by atoms with E-state index in [0.29, 0.717) is 12.3 Å². The molecule has 0 atom stereocenters. The van der Waals surface area contributed by atoms with Crippen molar-refractivity contribution in [2.24, 2.45) is 11.1 Å². The molecule has 1 fully saturated rings. The molecule has 5 nitrogen and oxygen atoms in total. The van der Waals surface area contributed by atoms with Gasteiger partial charge in [-0.15, -0.1) is 0 Å². The first-order valence-corrected chi connectivity index (χ1v) is 7.41. The molecule has 1 rings (SSSR count). The first kappa shape index (κ1) is 16.0. The molecule has 0 bridgehead atoms. The lowest BCUT2D eigenvalue weighted by atomic mass is 9.84. The maximum absolute atomic E-state index is 10.8. The van der Waals surface area contributed by atoms with Gasteiger partial charge in [0.05, 0.1) is 5.71 Å². The Balaban J connectivity index is 2.08. The SMILES string of the molecule is O=C(CCCCCC/C(=N/O)C1CCCCC1)NO. The summed E-state index contributed by atoms with van der Waals surface area (Å²) in [5, 5.41) is 20.9. The van der Waals surface area contributed by atoms with E-state index in [2.05, 4.69) is 5.16 Å². The van der Waals surface area contributed by atoms with Crippen LogP contribution in [0.5, 0.6) is 0 Å². The number of nitrogens with zero attached hydrogens (tertiary/aromatic N) is 1. The van der Waals surface area contributed by atoms with Crippen molar-refractivity contribution in [2.75, 3.05) is 0 Å². The van der Waals surface area contributed by atoms with Crippen molar-refractivity contribution in [1.29, 1.82) is 0 Å². The second-order valence-electron chi connectivity index (χ2n) is 5.38. The summed E-state index contributed by atoms with van der Waals surface area (Å²) in [5.74, 6) is 0.165. The number of hydrogen-bond acceptors (Lipinski definition) is 4. The van der Waals surface area contributed by atoms with Gasteiger partial charge in [0.25, 0.3) is 0 Å². The van der Waals surface area contributed by atoms with Crippen LogP contribution < -0.4 is 5.48 Å². The maximum Gasteiger partial charge on any atom is 0.243 e. The van der Waals surface area contributed by atoms with Crippen molar-refractivity contribution in [3.05, 3.63) is 0 Å². The molecule has 110 valence electrons. The average Bonchev–Trinajstić information content (AvgIpc) is 2.47. The van der Waals surface area contributed by atoms with Gasteiger partial charge < -0.3 is 5.21 Å². The van der Waals surface area contributed by atoms with E-state index >= 15 is 0 Å². The highest BCUT2D eigenvalue weighted by molar-refractivity contribution is 5.86.